The van der Waals surface area contributed by atoms with Crippen LogP contribution in [0, 0.1) is 0 Å². The molecule has 3 unspecified atom stereocenters. The van der Waals surface area contributed by atoms with E-state index >= 15 is 0 Å². The third-order valence-corrected chi connectivity index (χ3v) is 3.99. The van der Waals surface area contributed by atoms with Crippen LogP contribution in [-0.2, 0) is 9.53 Å². The first-order valence-electron chi connectivity index (χ1n) is 5.13. The highest BCUT2D eigenvalue weighted by Gasteiger charge is 2.30. The van der Waals surface area contributed by atoms with Crippen LogP contribution in [0.3, 0.4) is 0 Å². The lowest BCUT2D eigenvalue weighted by Gasteiger charge is -2.13. The fourth-order valence-electron chi connectivity index (χ4n) is 1.40. The Bertz CT molecular complexity index is 196. The minimum atomic E-state index is -0.818. The first-order chi connectivity index (χ1) is 6.63. The SMILES string of the molecule is CCC(C)SCC1CCC(C(=O)O)O1. The van der Waals surface area contributed by atoms with E-state index < -0.39 is 12.1 Å². The van der Waals surface area contributed by atoms with Crippen LogP contribution in [0.2, 0.25) is 0 Å². The van der Waals surface area contributed by atoms with Crippen molar-refractivity contribution in [2.75, 3.05) is 5.75 Å². The van der Waals surface area contributed by atoms with Gasteiger partial charge < -0.3 is 9.84 Å². The van der Waals surface area contributed by atoms with Crippen molar-refractivity contribution in [3.05, 3.63) is 0 Å². The fourth-order valence-corrected chi connectivity index (χ4v) is 2.42. The molecule has 0 amide bonds. The molecule has 3 atom stereocenters. The summed E-state index contributed by atoms with van der Waals surface area (Å²) in [6, 6.07) is 0. The Labute approximate surface area is 89.2 Å². The molecule has 1 heterocycles. The van der Waals surface area contributed by atoms with Crippen molar-refractivity contribution >= 4 is 17.7 Å². The third-order valence-electron chi connectivity index (χ3n) is 2.52. The lowest BCUT2D eigenvalue weighted by atomic mass is 10.2. The number of rotatable bonds is 5. The van der Waals surface area contributed by atoms with Crippen molar-refractivity contribution in [2.45, 2.75) is 50.6 Å². The second kappa shape index (κ2) is 5.61. The zero-order valence-electron chi connectivity index (χ0n) is 8.73. The van der Waals surface area contributed by atoms with Gasteiger partial charge in [-0.1, -0.05) is 13.8 Å². The van der Waals surface area contributed by atoms with Crippen molar-refractivity contribution in [2.24, 2.45) is 0 Å². The van der Waals surface area contributed by atoms with Gasteiger partial charge in [0, 0.05) is 11.0 Å². The molecule has 0 saturated carbocycles. The molecular weight excluding hydrogens is 200 g/mol. The highest BCUT2D eigenvalue weighted by molar-refractivity contribution is 7.99. The Morgan fingerprint density at radius 1 is 1.64 bits per heavy atom. The van der Waals surface area contributed by atoms with Crippen molar-refractivity contribution in [1.82, 2.24) is 0 Å². The summed E-state index contributed by atoms with van der Waals surface area (Å²) in [6.45, 7) is 4.35. The Kier molecular flexibility index (Phi) is 4.75. The molecular formula is C10H18O3S. The molecule has 0 radical (unpaired) electrons. The smallest absolute Gasteiger partial charge is 0.332 e. The zero-order chi connectivity index (χ0) is 10.6. The van der Waals surface area contributed by atoms with E-state index in [-0.39, 0.29) is 6.10 Å². The average molecular weight is 218 g/mol. The van der Waals surface area contributed by atoms with Crippen LogP contribution in [0.25, 0.3) is 0 Å². The van der Waals surface area contributed by atoms with Gasteiger partial charge in [-0.25, -0.2) is 4.79 Å². The monoisotopic (exact) mass is 218 g/mol. The highest BCUT2D eigenvalue weighted by atomic mass is 32.2. The molecule has 1 fully saturated rings. The molecule has 0 aromatic heterocycles. The minimum absolute atomic E-state index is 0.148. The van der Waals surface area contributed by atoms with Gasteiger partial charge in [-0.3, -0.25) is 0 Å². The van der Waals surface area contributed by atoms with Crippen molar-refractivity contribution in [1.29, 1.82) is 0 Å². The maximum absolute atomic E-state index is 10.6. The molecule has 1 aliphatic rings. The number of carbonyl (C=O) groups is 1. The molecule has 14 heavy (non-hydrogen) atoms. The highest BCUT2D eigenvalue weighted by Crippen LogP contribution is 2.25. The first kappa shape index (κ1) is 11.9. The summed E-state index contributed by atoms with van der Waals surface area (Å²) in [5, 5.41) is 9.36. The fraction of sp³-hybridized carbons (Fsp3) is 0.900. The molecule has 0 aromatic carbocycles. The second-order valence-electron chi connectivity index (χ2n) is 3.71. The van der Waals surface area contributed by atoms with Gasteiger partial charge in [-0.15, -0.1) is 0 Å². The van der Waals surface area contributed by atoms with Gasteiger partial charge in [-0.2, -0.15) is 11.8 Å². The van der Waals surface area contributed by atoms with E-state index in [1.165, 1.54) is 0 Å². The van der Waals surface area contributed by atoms with Gasteiger partial charge in [-0.05, 0) is 19.3 Å². The van der Waals surface area contributed by atoms with E-state index in [4.69, 9.17) is 9.84 Å². The molecule has 1 saturated heterocycles. The van der Waals surface area contributed by atoms with E-state index in [0.717, 1.165) is 18.6 Å². The quantitative estimate of drug-likeness (QED) is 0.768. The van der Waals surface area contributed by atoms with Crippen molar-refractivity contribution in [3.8, 4) is 0 Å². The maximum atomic E-state index is 10.6. The average Bonchev–Trinajstić information content (AvgIpc) is 2.62. The standard InChI is InChI=1S/C10H18O3S/c1-3-7(2)14-6-8-4-5-9(13-8)10(11)12/h7-9H,3-6H2,1-2H3,(H,11,12). The number of hydrogen-bond acceptors (Lipinski definition) is 3. The van der Waals surface area contributed by atoms with Crippen LogP contribution in [0.1, 0.15) is 33.1 Å². The molecule has 0 bridgehead atoms. The lowest BCUT2D eigenvalue weighted by Crippen LogP contribution is -2.21. The molecule has 3 nitrogen and oxygen atoms in total. The van der Waals surface area contributed by atoms with E-state index in [2.05, 4.69) is 13.8 Å². The van der Waals surface area contributed by atoms with E-state index in [9.17, 15) is 4.79 Å². The molecule has 0 aromatic rings. The predicted octanol–water partition coefficient (Wildman–Crippen LogP) is 2.15. The predicted molar refractivity (Wildman–Crippen MR) is 57.7 cm³/mol. The molecule has 82 valence electrons. The van der Waals surface area contributed by atoms with Crippen molar-refractivity contribution < 1.29 is 14.6 Å². The zero-order valence-corrected chi connectivity index (χ0v) is 9.55. The summed E-state index contributed by atoms with van der Waals surface area (Å²) in [4.78, 5) is 10.6. The summed E-state index contributed by atoms with van der Waals surface area (Å²) >= 11 is 1.87. The molecule has 0 aliphatic carbocycles. The van der Waals surface area contributed by atoms with Gasteiger partial charge >= 0.3 is 5.97 Å². The van der Waals surface area contributed by atoms with Gasteiger partial charge in [0.25, 0.3) is 0 Å². The molecule has 0 spiro atoms. The number of carboxylic acids is 1. The number of thioether (sulfide) groups is 1. The van der Waals surface area contributed by atoms with Crippen LogP contribution in [-0.4, -0.2) is 34.3 Å². The lowest BCUT2D eigenvalue weighted by molar-refractivity contribution is -0.148. The first-order valence-corrected chi connectivity index (χ1v) is 6.18. The molecule has 1 rings (SSSR count). The van der Waals surface area contributed by atoms with E-state index in [0.29, 0.717) is 11.7 Å². The summed E-state index contributed by atoms with van der Waals surface area (Å²) < 4.78 is 5.40. The Balaban J connectivity index is 2.19. The van der Waals surface area contributed by atoms with Gasteiger partial charge in [0.05, 0.1) is 6.10 Å². The summed E-state index contributed by atoms with van der Waals surface area (Å²) in [7, 11) is 0. The Hall–Kier alpha value is -0.220. The Morgan fingerprint density at radius 3 is 2.86 bits per heavy atom. The van der Waals surface area contributed by atoms with Crippen LogP contribution < -0.4 is 0 Å². The van der Waals surface area contributed by atoms with Gasteiger partial charge in [0.2, 0.25) is 0 Å². The molecule has 4 heteroatoms. The summed E-state index contributed by atoms with van der Waals surface area (Å²) in [5.41, 5.74) is 0. The molecule has 1 aliphatic heterocycles. The largest absolute Gasteiger partial charge is 0.479 e. The van der Waals surface area contributed by atoms with E-state index in [1.807, 2.05) is 11.8 Å². The Morgan fingerprint density at radius 2 is 2.36 bits per heavy atom. The maximum Gasteiger partial charge on any atom is 0.332 e. The van der Waals surface area contributed by atoms with Gasteiger partial charge in [0.15, 0.2) is 6.10 Å². The van der Waals surface area contributed by atoms with Crippen LogP contribution in [0.15, 0.2) is 0 Å². The number of hydrogen-bond donors (Lipinski definition) is 1. The van der Waals surface area contributed by atoms with Crippen LogP contribution in [0.4, 0.5) is 0 Å². The topological polar surface area (TPSA) is 46.5 Å². The number of aliphatic carboxylic acids is 1. The van der Waals surface area contributed by atoms with Crippen LogP contribution in [0.5, 0.6) is 0 Å². The van der Waals surface area contributed by atoms with E-state index in [1.54, 1.807) is 0 Å². The number of ether oxygens (including phenoxy) is 1. The summed E-state index contributed by atoms with van der Waals surface area (Å²) in [5.74, 6) is 0.111. The normalized spacial score (nSPS) is 29.0. The van der Waals surface area contributed by atoms with Crippen molar-refractivity contribution in [3.63, 3.8) is 0 Å². The molecule has 1 N–H and O–H groups in total. The number of carboxylic acid groups (broad SMARTS) is 1. The minimum Gasteiger partial charge on any atom is -0.479 e. The summed E-state index contributed by atoms with van der Waals surface area (Å²) in [6.07, 6.45) is 2.30. The van der Waals surface area contributed by atoms with Gasteiger partial charge in [0.1, 0.15) is 0 Å². The van der Waals surface area contributed by atoms with Crippen LogP contribution >= 0.6 is 11.8 Å². The third kappa shape index (κ3) is 3.50. The second-order valence-corrected chi connectivity index (χ2v) is 5.19.